The lowest BCUT2D eigenvalue weighted by Crippen LogP contribution is -2.48. The number of hydrogen-bond donors (Lipinski definition) is 2. The predicted molar refractivity (Wildman–Crippen MR) is 81.5 cm³/mol. The van der Waals surface area contributed by atoms with Gasteiger partial charge < -0.3 is 15.3 Å². The summed E-state index contributed by atoms with van der Waals surface area (Å²) in [6, 6.07) is 8.53. The van der Waals surface area contributed by atoms with Crippen molar-refractivity contribution >= 4 is 17.6 Å². The number of carboxylic acid groups (broad SMARTS) is 1. The van der Waals surface area contributed by atoms with Gasteiger partial charge in [-0.3, -0.25) is 4.79 Å². The molecule has 6 nitrogen and oxygen atoms in total. The Hall–Kier alpha value is -2.37. The molecule has 2 N–H and O–H groups in total. The molecule has 1 aliphatic heterocycles. The summed E-state index contributed by atoms with van der Waals surface area (Å²) in [5, 5.41) is 15.7. The Morgan fingerprint density at radius 1 is 1.41 bits per heavy atom. The second-order valence-corrected chi connectivity index (χ2v) is 5.41. The Balaban J connectivity index is 1.97. The van der Waals surface area contributed by atoms with Crippen molar-refractivity contribution in [1.29, 1.82) is 0 Å². The van der Waals surface area contributed by atoms with Crippen LogP contribution in [0.25, 0.3) is 0 Å². The molecule has 1 aromatic rings. The van der Waals surface area contributed by atoms with Gasteiger partial charge >= 0.3 is 5.97 Å². The largest absolute Gasteiger partial charge is 0.480 e. The Labute approximate surface area is 129 Å². The molecule has 0 spiro atoms. The van der Waals surface area contributed by atoms with E-state index in [4.69, 9.17) is 4.84 Å². The van der Waals surface area contributed by atoms with Crippen molar-refractivity contribution in [2.24, 2.45) is 11.1 Å². The third-order valence-electron chi connectivity index (χ3n) is 3.85. The van der Waals surface area contributed by atoms with Crippen molar-refractivity contribution in [3.8, 4) is 0 Å². The maximum atomic E-state index is 12.2. The van der Waals surface area contributed by atoms with Crippen LogP contribution in [0.1, 0.15) is 32.3 Å². The molecule has 3 atom stereocenters. The first-order chi connectivity index (χ1) is 10.5. The van der Waals surface area contributed by atoms with Crippen LogP contribution >= 0.6 is 0 Å². The normalized spacial score (nSPS) is 19.7. The third kappa shape index (κ3) is 3.63. The summed E-state index contributed by atoms with van der Waals surface area (Å²) in [6.45, 7) is 3.68. The van der Waals surface area contributed by atoms with Gasteiger partial charge in [-0.1, -0.05) is 55.8 Å². The van der Waals surface area contributed by atoms with Crippen molar-refractivity contribution < 1.29 is 19.5 Å². The average Bonchev–Trinajstić information content (AvgIpc) is 3.02. The molecule has 0 aromatic heterocycles. The number of nitrogens with zero attached hydrogens (tertiary/aromatic N) is 1. The van der Waals surface area contributed by atoms with Crippen molar-refractivity contribution in [2.75, 3.05) is 0 Å². The molecule has 1 aromatic carbocycles. The maximum absolute atomic E-state index is 12.2. The van der Waals surface area contributed by atoms with E-state index < -0.39 is 24.0 Å². The van der Waals surface area contributed by atoms with Crippen LogP contribution in [-0.4, -0.2) is 34.8 Å². The molecule has 1 unspecified atom stereocenters. The van der Waals surface area contributed by atoms with Gasteiger partial charge in [0.05, 0.1) is 5.71 Å². The highest BCUT2D eigenvalue weighted by Crippen LogP contribution is 2.17. The van der Waals surface area contributed by atoms with Crippen LogP contribution in [0.3, 0.4) is 0 Å². The fourth-order valence-electron chi connectivity index (χ4n) is 2.25. The van der Waals surface area contributed by atoms with E-state index in [1.54, 1.807) is 6.92 Å². The number of hydrogen-bond acceptors (Lipinski definition) is 4. The van der Waals surface area contributed by atoms with E-state index in [-0.39, 0.29) is 5.92 Å². The van der Waals surface area contributed by atoms with Gasteiger partial charge in [-0.2, -0.15) is 0 Å². The van der Waals surface area contributed by atoms with Gasteiger partial charge in [0.25, 0.3) is 5.91 Å². The first-order valence-corrected chi connectivity index (χ1v) is 7.34. The van der Waals surface area contributed by atoms with Crippen LogP contribution in [0.4, 0.5) is 0 Å². The zero-order chi connectivity index (χ0) is 16.1. The van der Waals surface area contributed by atoms with Gasteiger partial charge in [-0.25, -0.2) is 4.79 Å². The highest BCUT2D eigenvalue weighted by Gasteiger charge is 2.33. The summed E-state index contributed by atoms with van der Waals surface area (Å²) in [5.41, 5.74) is 1.59. The first-order valence-electron chi connectivity index (χ1n) is 7.34. The molecule has 0 saturated carbocycles. The van der Waals surface area contributed by atoms with Gasteiger partial charge in [-0.15, -0.1) is 0 Å². The lowest BCUT2D eigenvalue weighted by atomic mass is 9.98. The zero-order valence-electron chi connectivity index (χ0n) is 12.7. The topological polar surface area (TPSA) is 88.0 Å². The number of carboxylic acids is 1. The molecule has 2 rings (SSSR count). The molecule has 118 valence electrons. The summed E-state index contributed by atoms with van der Waals surface area (Å²) in [4.78, 5) is 28.6. The number of aliphatic carboxylic acids is 1. The Morgan fingerprint density at radius 2 is 2.09 bits per heavy atom. The Bertz CT molecular complexity index is 571. The van der Waals surface area contributed by atoms with E-state index in [0.717, 1.165) is 5.56 Å². The van der Waals surface area contributed by atoms with Gasteiger partial charge in [0, 0.05) is 6.42 Å². The monoisotopic (exact) mass is 304 g/mol. The Morgan fingerprint density at radius 3 is 2.68 bits per heavy atom. The van der Waals surface area contributed by atoms with Crippen molar-refractivity contribution in [3.05, 3.63) is 35.9 Å². The smallest absolute Gasteiger partial charge is 0.326 e. The van der Waals surface area contributed by atoms with E-state index in [9.17, 15) is 14.7 Å². The number of benzene rings is 1. The van der Waals surface area contributed by atoms with Gasteiger partial charge in [0.1, 0.15) is 6.04 Å². The minimum atomic E-state index is -1.04. The molecule has 0 radical (unpaired) electrons. The Kier molecular flexibility index (Phi) is 5.14. The lowest BCUT2D eigenvalue weighted by molar-refractivity contribution is -0.145. The molecule has 0 saturated heterocycles. The van der Waals surface area contributed by atoms with E-state index >= 15 is 0 Å². The van der Waals surface area contributed by atoms with Crippen molar-refractivity contribution in [3.63, 3.8) is 0 Å². The van der Waals surface area contributed by atoms with Crippen LogP contribution in [0.5, 0.6) is 0 Å². The van der Waals surface area contributed by atoms with E-state index in [2.05, 4.69) is 10.5 Å². The van der Waals surface area contributed by atoms with Crippen LogP contribution in [-0.2, 0) is 14.4 Å². The first kappa shape index (κ1) is 16.0. The van der Waals surface area contributed by atoms with Crippen molar-refractivity contribution in [2.45, 2.75) is 38.8 Å². The molecular formula is C16H20N2O4. The summed E-state index contributed by atoms with van der Waals surface area (Å²) in [7, 11) is 0. The standard InChI is InChI=1S/C16H20N2O4/c1-3-10(2)14(16(20)21)17-15(19)13-9-12(18-22-13)11-7-5-4-6-8-11/h4-8,10,13-14H,3,9H2,1-2H3,(H,17,19)(H,20,21)/t10-,13?,14-/m0/s1. The predicted octanol–water partition coefficient (Wildman–Crippen LogP) is 1.80. The van der Waals surface area contributed by atoms with Crippen molar-refractivity contribution in [1.82, 2.24) is 5.32 Å². The maximum Gasteiger partial charge on any atom is 0.326 e. The van der Waals surface area contributed by atoms with Gasteiger partial charge in [0.2, 0.25) is 6.10 Å². The van der Waals surface area contributed by atoms with Gasteiger partial charge in [-0.05, 0) is 11.5 Å². The van der Waals surface area contributed by atoms with E-state index in [1.165, 1.54) is 0 Å². The fraction of sp³-hybridized carbons (Fsp3) is 0.438. The summed E-state index contributed by atoms with van der Waals surface area (Å²) in [5.74, 6) is -1.63. The summed E-state index contributed by atoms with van der Waals surface area (Å²) in [6.07, 6.45) is 0.221. The third-order valence-corrected chi connectivity index (χ3v) is 3.85. The molecule has 6 heteroatoms. The fourth-order valence-corrected chi connectivity index (χ4v) is 2.25. The van der Waals surface area contributed by atoms with Crippen LogP contribution in [0, 0.1) is 5.92 Å². The number of oxime groups is 1. The molecule has 1 heterocycles. The SMILES string of the molecule is CC[C@H](C)[C@H](NC(=O)C1CC(c2ccccc2)=NO1)C(=O)O. The van der Waals surface area contributed by atoms with Gasteiger partial charge in [0.15, 0.2) is 0 Å². The van der Waals surface area contributed by atoms with Crippen LogP contribution in [0.15, 0.2) is 35.5 Å². The number of carbonyl (C=O) groups is 2. The molecule has 1 amide bonds. The molecule has 22 heavy (non-hydrogen) atoms. The molecular weight excluding hydrogens is 284 g/mol. The highest BCUT2D eigenvalue weighted by molar-refractivity contribution is 6.04. The minimum absolute atomic E-state index is 0.155. The molecule has 0 fully saturated rings. The zero-order valence-corrected chi connectivity index (χ0v) is 12.7. The van der Waals surface area contributed by atoms with Crippen LogP contribution in [0.2, 0.25) is 0 Å². The van der Waals surface area contributed by atoms with Crippen LogP contribution < -0.4 is 5.32 Å². The number of amides is 1. The lowest BCUT2D eigenvalue weighted by Gasteiger charge is -2.21. The summed E-state index contributed by atoms with van der Waals surface area (Å²) < 4.78 is 0. The average molecular weight is 304 g/mol. The highest BCUT2D eigenvalue weighted by atomic mass is 16.6. The molecule has 1 aliphatic rings. The summed E-state index contributed by atoms with van der Waals surface area (Å²) >= 11 is 0. The second kappa shape index (κ2) is 7.06. The molecule has 0 bridgehead atoms. The quantitative estimate of drug-likeness (QED) is 0.838. The minimum Gasteiger partial charge on any atom is -0.480 e. The molecule has 0 aliphatic carbocycles. The van der Waals surface area contributed by atoms with E-state index in [1.807, 2.05) is 37.3 Å². The second-order valence-electron chi connectivity index (χ2n) is 5.41. The van der Waals surface area contributed by atoms with E-state index in [0.29, 0.717) is 18.6 Å². The number of rotatable bonds is 6. The number of carbonyl (C=O) groups excluding carboxylic acids is 1. The number of nitrogens with one attached hydrogen (secondary N) is 1.